The molecule has 8 heteroatoms. The number of amides is 1. The lowest BCUT2D eigenvalue weighted by Gasteiger charge is -2.29. The second-order valence-electron chi connectivity index (χ2n) is 7.78. The molecule has 1 fully saturated rings. The summed E-state index contributed by atoms with van der Waals surface area (Å²) in [5.74, 6) is -0.447. The van der Waals surface area contributed by atoms with Crippen molar-refractivity contribution in [2.75, 3.05) is 13.1 Å². The van der Waals surface area contributed by atoms with E-state index in [1.165, 1.54) is 12.1 Å². The van der Waals surface area contributed by atoms with Crippen molar-refractivity contribution in [2.24, 2.45) is 0 Å². The molecule has 1 saturated heterocycles. The van der Waals surface area contributed by atoms with E-state index in [2.05, 4.69) is 15.5 Å². The molecule has 7 nitrogen and oxygen atoms in total. The van der Waals surface area contributed by atoms with Crippen LogP contribution in [0.2, 0.25) is 0 Å². The van der Waals surface area contributed by atoms with Gasteiger partial charge in [0, 0.05) is 19.0 Å². The molecule has 1 aliphatic heterocycles. The molecule has 0 spiro atoms. The number of rotatable bonds is 7. The van der Waals surface area contributed by atoms with E-state index in [4.69, 9.17) is 4.42 Å². The first-order chi connectivity index (χ1) is 13.2. The summed E-state index contributed by atoms with van der Waals surface area (Å²) in [6.45, 7) is 6.23. The number of aryl methyl sites for hydroxylation is 1. The minimum absolute atomic E-state index is 0.0493. The fraction of sp³-hybridized carbons (Fsp3) is 0.500. The Kier molecular flexibility index (Phi) is 5.88. The molecule has 1 N–H and O–H groups in total. The number of Topliss-reactive ketones (excluding diaryl/α,β-unsaturated/α-hetero) is 1. The maximum absolute atomic E-state index is 13.1. The molecule has 3 rings (SSSR count). The van der Waals surface area contributed by atoms with Gasteiger partial charge in [0.2, 0.25) is 17.6 Å². The van der Waals surface area contributed by atoms with Gasteiger partial charge in [0.05, 0.1) is 6.54 Å². The number of likely N-dealkylation sites (tertiary alicyclic amines) is 1. The summed E-state index contributed by atoms with van der Waals surface area (Å²) < 4.78 is 18.3. The second kappa shape index (κ2) is 8.18. The Hall–Kier alpha value is -2.61. The predicted molar refractivity (Wildman–Crippen MR) is 100 cm³/mol. The summed E-state index contributed by atoms with van der Waals surface area (Å²) in [7, 11) is 0. The van der Waals surface area contributed by atoms with Crippen molar-refractivity contribution in [3.63, 3.8) is 0 Å². The fourth-order valence-corrected chi connectivity index (χ4v) is 3.47. The molecule has 150 valence electrons. The van der Waals surface area contributed by atoms with Gasteiger partial charge in [0.25, 0.3) is 5.89 Å². The number of nitrogens with one attached hydrogen (secondary N) is 1. The number of halogens is 1. The molecule has 1 aliphatic rings. The number of carbonyl (C=O) groups is 2. The number of ketones is 1. The van der Waals surface area contributed by atoms with Gasteiger partial charge in [-0.05, 0) is 50.8 Å². The van der Waals surface area contributed by atoms with Crippen molar-refractivity contribution in [1.82, 2.24) is 20.4 Å². The molecule has 1 amide bonds. The van der Waals surface area contributed by atoms with Crippen LogP contribution in [0.1, 0.15) is 48.8 Å². The van der Waals surface area contributed by atoms with Gasteiger partial charge in [-0.15, -0.1) is 10.2 Å². The quantitative estimate of drug-likeness (QED) is 0.733. The average Bonchev–Trinajstić information content (AvgIpc) is 3.30. The Bertz CT molecular complexity index is 847. The van der Waals surface area contributed by atoms with E-state index < -0.39 is 6.04 Å². The van der Waals surface area contributed by atoms with Crippen molar-refractivity contribution in [2.45, 2.75) is 51.6 Å². The molecular formula is C20H25FN4O3. The Balaban J connectivity index is 1.58. The molecule has 1 unspecified atom stereocenters. The van der Waals surface area contributed by atoms with Crippen LogP contribution >= 0.6 is 0 Å². The first-order valence-corrected chi connectivity index (χ1v) is 9.38. The largest absolute Gasteiger partial charge is 0.419 e. The smallest absolute Gasteiger partial charge is 0.286 e. The Morgan fingerprint density at radius 2 is 2.00 bits per heavy atom. The molecule has 0 radical (unpaired) electrons. The van der Waals surface area contributed by atoms with Crippen LogP contribution in [0.25, 0.3) is 0 Å². The van der Waals surface area contributed by atoms with Crippen LogP contribution in [0.5, 0.6) is 0 Å². The van der Waals surface area contributed by atoms with Crippen molar-refractivity contribution < 1.29 is 18.4 Å². The standard InChI is InChI=1S/C20H25FN4O3/c1-13-23-24-19(28-13)18(27)16-5-4-10-25(16)17(26)12-22-20(2,3)11-14-6-8-15(21)9-7-14/h6-9,16,22H,4-5,10-12H2,1-3H3. The zero-order valence-electron chi connectivity index (χ0n) is 16.4. The van der Waals surface area contributed by atoms with E-state index in [-0.39, 0.29) is 35.5 Å². The lowest BCUT2D eigenvalue weighted by molar-refractivity contribution is -0.130. The van der Waals surface area contributed by atoms with Gasteiger partial charge < -0.3 is 14.6 Å². The van der Waals surface area contributed by atoms with Gasteiger partial charge in [0.1, 0.15) is 11.9 Å². The van der Waals surface area contributed by atoms with Crippen molar-refractivity contribution in [3.05, 3.63) is 47.4 Å². The van der Waals surface area contributed by atoms with Crippen LogP contribution in [0.3, 0.4) is 0 Å². The lowest BCUT2D eigenvalue weighted by Crippen LogP contribution is -2.50. The topological polar surface area (TPSA) is 88.3 Å². The van der Waals surface area contributed by atoms with E-state index in [1.807, 2.05) is 13.8 Å². The molecule has 0 aliphatic carbocycles. The maximum atomic E-state index is 13.1. The average molecular weight is 388 g/mol. The molecule has 0 bridgehead atoms. The summed E-state index contributed by atoms with van der Waals surface area (Å²) >= 11 is 0. The molecule has 1 aromatic carbocycles. The first kappa shape index (κ1) is 20.1. The van der Waals surface area contributed by atoms with Gasteiger partial charge in [-0.1, -0.05) is 12.1 Å². The monoisotopic (exact) mass is 388 g/mol. The number of hydrogen-bond acceptors (Lipinski definition) is 6. The third-order valence-corrected chi connectivity index (χ3v) is 4.89. The fourth-order valence-electron chi connectivity index (χ4n) is 3.47. The van der Waals surface area contributed by atoms with E-state index in [0.717, 1.165) is 12.0 Å². The highest BCUT2D eigenvalue weighted by Crippen LogP contribution is 2.21. The van der Waals surface area contributed by atoms with Crippen LogP contribution in [0, 0.1) is 12.7 Å². The molecule has 1 atom stereocenters. The summed E-state index contributed by atoms with van der Waals surface area (Å²) in [4.78, 5) is 26.9. The van der Waals surface area contributed by atoms with E-state index in [9.17, 15) is 14.0 Å². The minimum atomic E-state index is -0.561. The van der Waals surface area contributed by atoms with Crippen LogP contribution < -0.4 is 5.32 Å². The molecule has 0 saturated carbocycles. The highest BCUT2D eigenvalue weighted by atomic mass is 19.1. The highest BCUT2D eigenvalue weighted by Gasteiger charge is 2.37. The molecule has 2 heterocycles. The van der Waals surface area contributed by atoms with Crippen LogP contribution in [-0.4, -0.2) is 51.5 Å². The van der Waals surface area contributed by atoms with Gasteiger partial charge in [-0.2, -0.15) is 0 Å². The zero-order chi connectivity index (χ0) is 20.3. The number of aromatic nitrogens is 2. The lowest BCUT2D eigenvalue weighted by atomic mass is 9.95. The Morgan fingerprint density at radius 3 is 2.64 bits per heavy atom. The van der Waals surface area contributed by atoms with E-state index in [0.29, 0.717) is 25.3 Å². The maximum Gasteiger partial charge on any atom is 0.286 e. The van der Waals surface area contributed by atoms with Crippen molar-refractivity contribution in [1.29, 1.82) is 0 Å². The number of benzene rings is 1. The second-order valence-corrected chi connectivity index (χ2v) is 7.78. The van der Waals surface area contributed by atoms with Gasteiger partial charge in [-0.3, -0.25) is 9.59 Å². The van der Waals surface area contributed by atoms with Gasteiger partial charge >= 0.3 is 0 Å². The van der Waals surface area contributed by atoms with Crippen LogP contribution in [0.15, 0.2) is 28.7 Å². The normalized spacial score (nSPS) is 17.1. The molecule has 1 aromatic heterocycles. The van der Waals surface area contributed by atoms with E-state index >= 15 is 0 Å². The van der Waals surface area contributed by atoms with Gasteiger partial charge in [-0.25, -0.2) is 4.39 Å². The van der Waals surface area contributed by atoms with Crippen molar-refractivity contribution in [3.8, 4) is 0 Å². The molecule has 28 heavy (non-hydrogen) atoms. The number of nitrogens with zero attached hydrogens (tertiary/aromatic N) is 3. The van der Waals surface area contributed by atoms with Crippen LogP contribution in [0.4, 0.5) is 4.39 Å². The minimum Gasteiger partial charge on any atom is -0.419 e. The summed E-state index contributed by atoms with van der Waals surface area (Å²) in [6, 6.07) is 5.77. The Morgan fingerprint density at radius 1 is 1.29 bits per heavy atom. The third kappa shape index (κ3) is 4.81. The van der Waals surface area contributed by atoms with Gasteiger partial charge in [0.15, 0.2) is 0 Å². The highest BCUT2D eigenvalue weighted by molar-refractivity contribution is 5.98. The molecule has 2 aromatic rings. The summed E-state index contributed by atoms with van der Waals surface area (Å²) in [6.07, 6.45) is 1.99. The first-order valence-electron chi connectivity index (χ1n) is 9.38. The summed E-state index contributed by atoms with van der Waals surface area (Å²) in [5.41, 5.74) is 0.614. The van der Waals surface area contributed by atoms with E-state index in [1.54, 1.807) is 24.0 Å². The molecular weight excluding hydrogens is 363 g/mol. The van der Waals surface area contributed by atoms with Crippen LogP contribution in [-0.2, 0) is 11.2 Å². The Labute approximate surface area is 163 Å². The number of hydrogen-bond donors (Lipinski definition) is 1. The SMILES string of the molecule is Cc1nnc(C(=O)C2CCCN2C(=O)CNC(C)(C)Cc2ccc(F)cc2)o1. The number of carbonyl (C=O) groups excluding carboxylic acids is 2. The predicted octanol–water partition coefficient (Wildman–Crippen LogP) is 2.30. The zero-order valence-corrected chi connectivity index (χ0v) is 16.4. The third-order valence-electron chi connectivity index (χ3n) is 4.89. The van der Waals surface area contributed by atoms with Crippen molar-refractivity contribution >= 4 is 11.7 Å². The summed E-state index contributed by atoms with van der Waals surface area (Å²) in [5, 5.41) is 10.7.